The van der Waals surface area contributed by atoms with Crippen LogP contribution in [0.3, 0.4) is 0 Å². The minimum atomic E-state index is -0.394. The zero-order chi connectivity index (χ0) is 14.0. The van der Waals surface area contributed by atoms with E-state index >= 15 is 0 Å². The number of amides is 2. The zero-order valence-electron chi connectivity index (χ0n) is 10.6. The van der Waals surface area contributed by atoms with Crippen molar-refractivity contribution in [3.8, 4) is 0 Å². The lowest BCUT2D eigenvalue weighted by molar-refractivity contribution is -0.112. The summed E-state index contributed by atoms with van der Waals surface area (Å²) in [6.07, 6.45) is 0.828. The second kappa shape index (κ2) is 5.53. The summed E-state index contributed by atoms with van der Waals surface area (Å²) < 4.78 is 0. The molecule has 1 aliphatic heterocycles. The molecule has 19 heavy (non-hydrogen) atoms. The van der Waals surface area contributed by atoms with Gasteiger partial charge in [-0.25, -0.2) is 0 Å². The molecule has 1 atom stereocenters. The average Bonchev–Trinajstić information content (AvgIpc) is 2.60. The molecule has 0 spiro atoms. The average molecular weight is 280 g/mol. The Balaban J connectivity index is 2.02. The molecule has 0 saturated heterocycles. The zero-order valence-corrected chi connectivity index (χ0v) is 11.3. The van der Waals surface area contributed by atoms with E-state index in [4.69, 9.17) is 11.6 Å². The van der Waals surface area contributed by atoms with E-state index in [1.807, 2.05) is 6.92 Å². The molecule has 1 aromatic rings. The highest BCUT2D eigenvalue weighted by Crippen LogP contribution is 2.23. The van der Waals surface area contributed by atoms with E-state index in [-0.39, 0.29) is 24.2 Å². The summed E-state index contributed by atoms with van der Waals surface area (Å²) in [6, 6.07) is 6.78. The summed E-state index contributed by atoms with van der Waals surface area (Å²) in [6.45, 7) is 2.19. The predicted molar refractivity (Wildman–Crippen MR) is 71.1 cm³/mol. The third-order valence-corrected chi connectivity index (χ3v) is 3.39. The summed E-state index contributed by atoms with van der Waals surface area (Å²) in [5.41, 5.74) is 0.905. The lowest BCUT2D eigenvalue weighted by Gasteiger charge is -2.16. The van der Waals surface area contributed by atoms with E-state index in [1.54, 1.807) is 24.3 Å². The van der Waals surface area contributed by atoms with E-state index in [2.05, 4.69) is 0 Å². The van der Waals surface area contributed by atoms with E-state index < -0.39 is 5.24 Å². The molecule has 100 valence electrons. The molecule has 1 heterocycles. The first-order chi connectivity index (χ1) is 9.00. The molecular weight excluding hydrogens is 266 g/mol. The van der Waals surface area contributed by atoms with Gasteiger partial charge in [-0.05, 0) is 36.1 Å². The normalized spacial score (nSPS) is 15.6. The number of fused-ring (bicyclic) bond motifs is 1. The maximum Gasteiger partial charge on any atom is 0.261 e. The van der Waals surface area contributed by atoms with Crippen LogP contribution >= 0.6 is 11.6 Å². The lowest BCUT2D eigenvalue weighted by Crippen LogP contribution is -2.31. The van der Waals surface area contributed by atoms with Crippen molar-refractivity contribution in [1.82, 2.24) is 4.90 Å². The van der Waals surface area contributed by atoms with Crippen molar-refractivity contribution in [3.05, 3.63) is 35.4 Å². The molecule has 4 nitrogen and oxygen atoms in total. The molecule has 1 aliphatic rings. The van der Waals surface area contributed by atoms with Gasteiger partial charge in [-0.15, -0.1) is 0 Å². The highest BCUT2D eigenvalue weighted by atomic mass is 35.5. The predicted octanol–water partition coefficient (Wildman–Crippen LogP) is 2.46. The van der Waals surface area contributed by atoms with Gasteiger partial charge < -0.3 is 0 Å². The van der Waals surface area contributed by atoms with Crippen LogP contribution in [0.2, 0.25) is 0 Å². The van der Waals surface area contributed by atoms with Crippen LogP contribution in [0.1, 0.15) is 40.5 Å². The van der Waals surface area contributed by atoms with Crippen LogP contribution in [0.5, 0.6) is 0 Å². The van der Waals surface area contributed by atoms with Gasteiger partial charge >= 0.3 is 0 Å². The first kappa shape index (κ1) is 13.7. The van der Waals surface area contributed by atoms with Crippen LogP contribution in [0.4, 0.5) is 0 Å². The van der Waals surface area contributed by atoms with Crippen LogP contribution in [0, 0.1) is 5.92 Å². The minimum absolute atomic E-state index is 0.0503. The van der Waals surface area contributed by atoms with Gasteiger partial charge in [0.05, 0.1) is 11.1 Å². The fourth-order valence-corrected chi connectivity index (χ4v) is 2.43. The van der Waals surface area contributed by atoms with Crippen molar-refractivity contribution in [2.24, 2.45) is 5.92 Å². The van der Waals surface area contributed by atoms with Crippen LogP contribution in [-0.4, -0.2) is 28.5 Å². The van der Waals surface area contributed by atoms with Gasteiger partial charge in [0.2, 0.25) is 5.24 Å². The third kappa shape index (κ3) is 2.84. The number of hydrogen-bond acceptors (Lipinski definition) is 3. The van der Waals surface area contributed by atoms with Crippen LogP contribution in [0.25, 0.3) is 0 Å². The SMILES string of the molecule is C[C@H](CCN1C(=O)c2ccccc2C1=O)CC(=O)Cl. The van der Waals surface area contributed by atoms with Crippen molar-refractivity contribution >= 4 is 28.7 Å². The number of benzene rings is 1. The lowest BCUT2D eigenvalue weighted by atomic mass is 10.0. The molecule has 0 saturated carbocycles. The first-order valence-electron chi connectivity index (χ1n) is 6.14. The van der Waals surface area contributed by atoms with Crippen LogP contribution in [0.15, 0.2) is 24.3 Å². The molecule has 2 amide bonds. The Labute approximate surface area is 116 Å². The standard InChI is InChI=1S/C14H14ClNO3/c1-9(8-12(15)17)6-7-16-13(18)10-4-2-3-5-11(10)14(16)19/h2-5,9H,6-8H2,1H3/t9-/m1/s1. The molecule has 0 aliphatic carbocycles. The number of imide groups is 1. The van der Waals surface area contributed by atoms with Gasteiger partial charge in [0.15, 0.2) is 0 Å². The number of carbonyl (C=O) groups excluding carboxylic acids is 3. The molecule has 1 aromatic carbocycles. The first-order valence-corrected chi connectivity index (χ1v) is 6.52. The highest BCUT2D eigenvalue weighted by Gasteiger charge is 2.34. The van der Waals surface area contributed by atoms with Crippen molar-refractivity contribution in [2.75, 3.05) is 6.54 Å². The second-order valence-corrected chi connectivity index (χ2v) is 5.18. The molecule has 0 unspecified atom stereocenters. The maximum absolute atomic E-state index is 12.1. The molecule has 0 aromatic heterocycles. The van der Waals surface area contributed by atoms with Crippen molar-refractivity contribution in [3.63, 3.8) is 0 Å². The van der Waals surface area contributed by atoms with E-state index in [9.17, 15) is 14.4 Å². The fraction of sp³-hybridized carbons (Fsp3) is 0.357. The Bertz CT molecular complexity index is 506. The molecule has 0 fully saturated rings. The monoisotopic (exact) mass is 279 g/mol. The Morgan fingerprint density at radius 2 is 1.74 bits per heavy atom. The Morgan fingerprint density at radius 3 is 2.21 bits per heavy atom. The van der Waals surface area contributed by atoms with Gasteiger partial charge in [-0.1, -0.05) is 19.1 Å². The summed E-state index contributed by atoms with van der Waals surface area (Å²) in [4.78, 5) is 36.1. The minimum Gasteiger partial charge on any atom is -0.281 e. The maximum atomic E-state index is 12.1. The van der Waals surface area contributed by atoms with Crippen LogP contribution < -0.4 is 0 Å². The number of carbonyl (C=O) groups is 3. The number of halogens is 1. The van der Waals surface area contributed by atoms with Crippen molar-refractivity contribution in [1.29, 1.82) is 0 Å². The van der Waals surface area contributed by atoms with Crippen molar-refractivity contribution < 1.29 is 14.4 Å². The van der Waals surface area contributed by atoms with Gasteiger partial charge in [0.25, 0.3) is 11.8 Å². The van der Waals surface area contributed by atoms with E-state index in [0.29, 0.717) is 24.1 Å². The highest BCUT2D eigenvalue weighted by molar-refractivity contribution is 6.63. The Morgan fingerprint density at radius 1 is 1.21 bits per heavy atom. The van der Waals surface area contributed by atoms with E-state index in [1.165, 1.54) is 4.90 Å². The molecule has 2 rings (SSSR count). The van der Waals surface area contributed by atoms with Crippen LogP contribution in [-0.2, 0) is 4.79 Å². The molecular formula is C14H14ClNO3. The summed E-state index contributed by atoms with van der Waals surface area (Å²) in [7, 11) is 0. The number of rotatable bonds is 5. The Kier molecular flexibility index (Phi) is 4.00. The number of nitrogens with zero attached hydrogens (tertiary/aromatic N) is 1. The fourth-order valence-electron chi connectivity index (χ4n) is 2.17. The topological polar surface area (TPSA) is 54.5 Å². The quantitative estimate of drug-likeness (QED) is 0.614. The second-order valence-electron chi connectivity index (χ2n) is 4.76. The number of hydrogen-bond donors (Lipinski definition) is 0. The molecule has 0 bridgehead atoms. The van der Waals surface area contributed by atoms with Gasteiger partial charge in [-0.3, -0.25) is 19.3 Å². The van der Waals surface area contributed by atoms with Gasteiger partial charge in [0, 0.05) is 13.0 Å². The summed E-state index contributed by atoms with van der Waals surface area (Å²) in [5, 5.41) is -0.394. The summed E-state index contributed by atoms with van der Waals surface area (Å²) in [5.74, 6) is -0.468. The van der Waals surface area contributed by atoms with Gasteiger partial charge in [0.1, 0.15) is 0 Å². The summed E-state index contributed by atoms with van der Waals surface area (Å²) >= 11 is 5.31. The molecule has 0 radical (unpaired) electrons. The van der Waals surface area contributed by atoms with Gasteiger partial charge in [-0.2, -0.15) is 0 Å². The third-order valence-electron chi connectivity index (χ3n) is 3.23. The largest absolute Gasteiger partial charge is 0.281 e. The molecule has 0 N–H and O–H groups in total. The smallest absolute Gasteiger partial charge is 0.261 e. The van der Waals surface area contributed by atoms with Crippen molar-refractivity contribution in [2.45, 2.75) is 19.8 Å². The van der Waals surface area contributed by atoms with E-state index in [0.717, 1.165) is 0 Å². The molecule has 5 heteroatoms. The Hall–Kier alpha value is -1.68.